The van der Waals surface area contributed by atoms with E-state index in [9.17, 15) is 0 Å². The lowest BCUT2D eigenvalue weighted by molar-refractivity contribution is 0.559. The monoisotopic (exact) mass is 221 g/mol. The van der Waals surface area contributed by atoms with E-state index in [1.54, 1.807) is 6.20 Å². The first kappa shape index (κ1) is 10.2. The third kappa shape index (κ3) is 2.80. The van der Waals surface area contributed by atoms with Crippen LogP contribution in [0.1, 0.15) is 12.0 Å². The smallest absolute Gasteiger partial charge is 0.0692 e. The zero-order valence-corrected chi connectivity index (χ0v) is 9.06. The standard InChI is InChI=1S/C11H12ClN3/c12-11-6-2-1-4-10(11)5-3-8-15-9-7-13-14-15/h1-2,4,6-7,9H,3,5,8H2. The average Bonchev–Trinajstić information content (AvgIpc) is 2.74. The molecule has 78 valence electrons. The number of nitrogens with zero attached hydrogens (tertiary/aromatic N) is 3. The Hall–Kier alpha value is -1.35. The summed E-state index contributed by atoms with van der Waals surface area (Å²) in [4.78, 5) is 0. The fourth-order valence-electron chi connectivity index (χ4n) is 1.48. The second-order valence-electron chi connectivity index (χ2n) is 3.36. The number of benzene rings is 1. The molecule has 0 atom stereocenters. The van der Waals surface area contributed by atoms with Crippen LogP contribution in [0.25, 0.3) is 0 Å². The molecule has 0 saturated carbocycles. The van der Waals surface area contributed by atoms with Crippen LogP contribution in [-0.2, 0) is 13.0 Å². The minimum absolute atomic E-state index is 0.844. The first-order valence-corrected chi connectivity index (χ1v) is 5.31. The third-order valence-corrected chi connectivity index (χ3v) is 2.63. The first-order chi connectivity index (χ1) is 7.36. The quantitative estimate of drug-likeness (QED) is 0.795. The minimum atomic E-state index is 0.844. The van der Waals surface area contributed by atoms with Gasteiger partial charge in [-0.15, -0.1) is 5.10 Å². The fraction of sp³-hybridized carbons (Fsp3) is 0.273. The molecule has 3 nitrogen and oxygen atoms in total. The van der Waals surface area contributed by atoms with Gasteiger partial charge in [-0.25, -0.2) is 0 Å². The molecule has 1 aromatic heterocycles. The molecule has 0 spiro atoms. The average molecular weight is 222 g/mol. The Bertz CT molecular complexity index is 412. The Kier molecular flexibility index (Phi) is 3.35. The molecule has 0 fully saturated rings. The van der Waals surface area contributed by atoms with Crippen LogP contribution in [0.5, 0.6) is 0 Å². The number of halogens is 1. The zero-order chi connectivity index (χ0) is 10.5. The molecule has 0 radical (unpaired) electrons. The summed E-state index contributed by atoms with van der Waals surface area (Å²) in [6.45, 7) is 0.880. The molecular weight excluding hydrogens is 210 g/mol. The summed E-state index contributed by atoms with van der Waals surface area (Å²) >= 11 is 6.05. The van der Waals surface area contributed by atoms with Crippen LogP contribution in [0, 0.1) is 0 Å². The van der Waals surface area contributed by atoms with Crippen molar-refractivity contribution < 1.29 is 0 Å². The van der Waals surface area contributed by atoms with Crippen LogP contribution >= 0.6 is 11.6 Å². The highest BCUT2D eigenvalue weighted by Crippen LogP contribution is 2.16. The van der Waals surface area contributed by atoms with Gasteiger partial charge in [0.1, 0.15) is 0 Å². The van der Waals surface area contributed by atoms with Gasteiger partial charge in [0.25, 0.3) is 0 Å². The van der Waals surface area contributed by atoms with E-state index in [0.717, 1.165) is 24.4 Å². The number of hydrogen-bond acceptors (Lipinski definition) is 2. The van der Waals surface area contributed by atoms with E-state index in [4.69, 9.17) is 11.6 Å². The summed E-state index contributed by atoms with van der Waals surface area (Å²) < 4.78 is 1.83. The molecule has 1 aromatic carbocycles. The van der Waals surface area contributed by atoms with Crippen molar-refractivity contribution in [1.82, 2.24) is 15.0 Å². The first-order valence-electron chi connectivity index (χ1n) is 4.94. The van der Waals surface area contributed by atoms with Crippen molar-refractivity contribution in [3.05, 3.63) is 47.2 Å². The largest absolute Gasteiger partial charge is 0.253 e. The van der Waals surface area contributed by atoms with Crippen molar-refractivity contribution in [2.75, 3.05) is 0 Å². The van der Waals surface area contributed by atoms with Gasteiger partial charge in [-0.2, -0.15) is 0 Å². The molecule has 0 amide bonds. The molecule has 0 saturated heterocycles. The molecule has 2 aromatic rings. The highest BCUT2D eigenvalue weighted by atomic mass is 35.5. The van der Waals surface area contributed by atoms with Gasteiger partial charge in [-0.3, -0.25) is 4.68 Å². The van der Waals surface area contributed by atoms with E-state index in [1.807, 2.05) is 29.1 Å². The Labute approximate surface area is 93.7 Å². The Morgan fingerprint density at radius 2 is 2.13 bits per heavy atom. The summed E-state index contributed by atoms with van der Waals surface area (Å²) in [7, 11) is 0. The molecule has 0 aliphatic rings. The predicted molar refractivity (Wildman–Crippen MR) is 59.8 cm³/mol. The van der Waals surface area contributed by atoms with Crippen molar-refractivity contribution in [2.24, 2.45) is 0 Å². The van der Waals surface area contributed by atoms with Gasteiger partial charge >= 0.3 is 0 Å². The second-order valence-corrected chi connectivity index (χ2v) is 3.77. The van der Waals surface area contributed by atoms with E-state index in [2.05, 4.69) is 16.4 Å². The van der Waals surface area contributed by atoms with E-state index in [0.29, 0.717) is 0 Å². The summed E-state index contributed by atoms with van der Waals surface area (Å²) in [5.41, 5.74) is 1.19. The lowest BCUT2D eigenvalue weighted by atomic mass is 10.1. The molecule has 4 heteroatoms. The topological polar surface area (TPSA) is 30.7 Å². The van der Waals surface area contributed by atoms with Crippen molar-refractivity contribution in [1.29, 1.82) is 0 Å². The molecule has 2 rings (SSSR count). The van der Waals surface area contributed by atoms with Crippen LogP contribution < -0.4 is 0 Å². The lowest BCUT2D eigenvalue weighted by Gasteiger charge is -2.03. The second kappa shape index (κ2) is 4.94. The fourth-order valence-corrected chi connectivity index (χ4v) is 1.71. The number of aryl methyl sites for hydroxylation is 2. The van der Waals surface area contributed by atoms with Gasteiger partial charge in [-0.1, -0.05) is 35.0 Å². The van der Waals surface area contributed by atoms with Gasteiger partial charge in [0.2, 0.25) is 0 Å². The van der Waals surface area contributed by atoms with Crippen LogP contribution in [0.4, 0.5) is 0 Å². The Balaban J connectivity index is 1.86. The maximum atomic E-state index is 6.05. The lowest BCUT2D eigenvalue weighted by Crippen LogP contribution is -2.00. The van der Waals surface area contributed by atoms with Gasteiger partial charge < -0.3 is 0 Å². The van der Waals surface area contributed by atoms with Crippen LogP contribution in [0.15, 0.2) is 36.7 Å². The summed E-state index contributed by atoms with van der Waals surface area (Å²) in [6.07, 6.45) is 5.55. The van der Waals surface area contributed by atoms with E-state index in [1.165, 1.54) is 5.56 Å². The van der Waals surface area contributed by atoms with Crippen molar-refractivity contribution in [3.63, 3.8) is 0 Å². The molecule has 0 aliphatic heterocycles. The molecule has 1 heterocycles. The van der Waals surface area contributed by atoms with E-state index >= 15 is 0 Å². The molecule has 0 bridgehead atoms. The molecule has 15 heavy (non-hydrogen) atoms. The maximum absolute atomic E-state index is 6.05. The van der Waals surface area contributed by atoms with Crippen LogP contribution in [-0.4, -0.2) is 15.0 Å². The SMILES string of the molecule is Clc1ccccc1CCCn1ccnn1. The van der Waals surface area contributed by atoms with Gasteiger partial charge in [-0.05, 0) is 24.5 Å². The van der Waals surface area contributed by atoms with Gasteiger partial charge in [0.15, 0.2) is 0 Å². The summed E-state index contributed by atoms with van der Waals surface area (Å²) in [5, 5.41) is 8.50. The van der Waals surface area contributed by atoms with E-state index in [-0.39, 0.29) is 0 Å². The summed E-state index contributed by atoms with van der Waals surface area (Å²) in [6, 6.07) is 7.94. The molecule has 0 N–H and O–H groups in total. The normalized spacial score (nSPS) is 10.5. The van der Waals surface area contributed by atoms with Crippen molar-refractivity contribution in [2.45, 2.75) is 19.4 Å². The van der Waals surface area contributed by atoms with E-state index < -0.39 is 0 Å². The third-order valence-electron chi connectivity index (χ3n) is 2.26. The Morgan fingerprint density at radius 3 is 2.87 bits per heavy atom. The molecule has 0 unspecified atom stereocenters. The number of hydrogen-bond donors (Lipinski definition) is 0. The van der Waals surface area contributed by atoms with Crippen LogP contribution in [0.3, 0.4) is 0 Å². The molecular formula is C11H12ClN3. The van der Waals surface area contributed by atoms with Crippen molar-refractivity contribution >= 4 is 11.6 Å². The maximum Gasteiger partial charge on any atom is 0.0692 e. The minimum Gasteiger partial charge on any atom is -0.253 e. The number of rotatable bonds is 4. The molecule has 0 aliphatic carbocycles. The van der Waals surface area contributed by atoms with Gasteiger partial charge in [0.05, 0.1) is 6.20 Å². The Morgan fingerprint density at radius 1 is 1.27 bits per heavy atom. The highest BCUT2D eigenvalue weighted by molar-refractivity contribution is 6.31. The van der Waals surface area contributed by atoms with Crippen LogP contribution in [0.2, 0.25) is 5.02 Å². The number of aromatic nitrogens is 3. The highest BCUT2D eigenvalue weighted by Gasteiger charge is 1.99. The van der Waals surface area contributed by atoms with Crippen molar-refractivity contribution in [3.8, 4) is 0 Å². The summed E-state index contributed by atoms with van der Waals surface area (Å²) in [5.74, 6) is 0. The zero-order valence-electron chi connectivity index (χ0n) is 8.31. The van der Waals surface area contributed by atoms with Gasteiger partial charge in [0, 0.05) is 17.8 Å². The predicted octanol–water partition coefficient (Wildman–Crippen LogP) is 2.56.